The van der Waals surface area contributed by atoms with E-state index in [0.717, 1.165) is 35.5 Å². The van der Waals surface area contributed by atoms with Crippen LogP contribution >= 0.6 is 0 Å². The average molecular weight is 416 g/mol. The number of phenols is 1. The van der Waals surface area contributed by atoms with Crippen LogP contribution in [0, 0.1) is 6.92 Å². The maximum Gasteiger partial charge on any atom is 0.197 e. The van der Waals surface area contributed by atoms with E-state index in [1.165, 1.54) is 19.2 Å². The van der Waals surface area contributed by atoms with E-state index in [2.05, 4.69) is 30.9 Å². The quantitative estimate of drug-likeness (QED) is 0.279. The summed E-state index contributed by atoms with van der Waals surface area (Å²) in [6.45, 7) is 8.18. The van der Waals surface area contributed by atoms with Gasteiger partial charge in [-0.1, -0.05) is 42.0 Å². The molecule has 0 aromatic heterocycles. The molecule has 0 amide bonds. The van der Waals surface area contributed by atoms with Crippen molar-refractivity contribution in [3.63, 3.8) is 0 Å². The molecule has 0 atom stereocenters. The van der Waals surface area contributed by atoms with Gasteiger partial charge in [0.25, 0.3) is 0 Å². The lowest BCUT2D eigenvalue weighted by atomic mass is 9.93. The van der Waals surface area contributed by atoms with E-state index >= 15 is 0 Å². The molecule has 0 aliphatic carbocycles. The molecule has 0 heterocycles. The molecule has 4 heteroatoms. The standard InChI is InChI=1S/C27H29NO3/c1-5-28(6-2)22-13-9-20(10-14-22)17-25(21-11-7-19(3)8-12-21)27(30)24-16-15-23(29)18-26(24)31-4/h7-18,29H,5-6H2,1-4H3. The van der Waals surface area contributed by atoms with Gasteiger partial charge in [0, 0.05) is 30.4 Å². The van der Waals surface area contributed by atoms with Crippen molar-refractivity contribution in [2.75, 3.05) is 25.1 Å². The number of anilines is 1. The first-order chi connectivity index (χ1) is 15.0. The molecule has 160 valence electrons. The van der Waals surface area contributed by atoms with E-state index in [0.29, 0.717) is 16.9 Å². The topological polar surface area (TPSA) is 49.8 Å². The van der Waals surface area contributed by atoms with Crippen molar-refractivity contribution in [2.45, 2.75) is 20.8 Å². The van der Waals surface area contributed by atoms with Crippen molar-refractivity contribution in [1.82, 2.24) is 0 Å². The number of benzene rings is 3. The normalized spacial score (nSPS) is 11.3. The molecule has 3 rings (SSSR count). The Morgan fingerprint density at radius 2 is 1.61 bits per heavy atom. The fraction of sp³-hybridized carbons (Fsp3) is 0.222. The number of allylic oxidation sites excluding steroid dienone is 1. The molecule has 3 aromatic carbocycles. The van der Waals surface area contributed by atoms with Crippen LogP contribution in [0.1, 0.15) is 40.9 Å². The Bertz CT molecular complexity index is 1060. The van der Waals surface area contributed by atoms with Crippen LogP contribution < -0.4 is 9.64 Å². The second-order valence-corrected chi connectivity index (χ2v) is 7.40. The van der Waals surface area contributed by atoms with E-state index in [4.69, 9.17) is 4.74 Å². The molecule has 0 bridgehead atoms. The minimum absolute atomic E-state index is 0.0567. The summed E-state index contributed by atoms with van der Waals surface area (Å²) in [6, 6.07) is 20.7. The van der Waals surface area contributed by atoms with Crippen LogP contribution in [-0.2, 0) is 0 Å². The van der Waals surface area contributed by atoms with E-state index in [1.807, 2.05) is 49.4 Å². The van der Waals surface area contributed by atoms with Crippen LogP contribution in [0.3, 0.4) is 0 Å². The van der Waals surface area contributed by atoms with E-state index < -0.39 is 0 Å². The monoisotopic (exact) mass is 415 g/mol. The van der Waals surface area contributed by atoms with Gasteiger partial charge in [-0.15, -0.1) is 0 Å². The van der Waals surface area contributed by atoms with E-state index in [1.54, 1.807) is 6.07 Å². The van der Waals surface area contributed by atoms with Crippen molar-refractivity contribution in [3.05, 3.63) is 89.0 Å². The number of nitrogens with zero attached hydrogens (tertiary/aromatic N) is 1. The lowest BCUT2D eigenvalue weighted by molar-refractivity contribution is 0.105. The fourth-order valence-electron chi connectivity index (χ4n) is 3.56. The van der Waals surface area contributed by atoms with Gasteiger partial charge >= 0.3 is 0 Å². The van der Waals surface area contributed by atoms with Gasteiger partial charge < -0.3 is 14.7 Å². The number of hydrogen-bond acceptors (Lipinski definition) is 4. The van der Waals surface area contributed by atoms with Crippen molar-refractivity contribution < 1.29 is 14.6 Å². The van der Waals surface area contributed by atoms with Gasteiger partial charge in [0.1, 0.15) is 11.5 Å². The average Bonchev–Trinajstić information content (AvgIpc) is 2.79. The minimum Gasteiger partial charge on any atom is -0.508 e. The summed E-state index contributed by atoms with van der Waals surface area (Å²) in [7, 11) is 1.49. The molecule has 0 radical (unpaired) electrons. The third kappa shape index (κ3) is 5.15. The second-order valence-electron chi connectivity index (χ2n) is 7.40. The third-order valence-corrected chi connectivity index (χ3v) is 5.37. The number of Topliss-reactive ketones (excluding diaryl/α,β-unsaturated/α-hetero) is 1. The summed E-state index contributed by atoms with van der Waals surface area (Å²) >= 11 is 0. The highest BCUT2D eigenvalue weighted by molar-refractivity contribution is 6.33. The summed E-state index contributed by atoms with van der Waals surface area (Å²) in [4.78, 5) is 15.8. The zero-order valence-electron chi connectivity index (χ0n) is 18.6. The lowest BCUT2D eigenvalue weighted by Gasteiger charge is -2.21. The van der Waals surface area contributed by atoms with Crippen molar-refractivity contribution in [3.8, 4) is 11.5 Å². The van der Waals surface area contributed by atoms with Crippen LogP contribution in [-0.4, -0.2) is 31.1 Å². The van der Waals surface area contributed by atoms with Crippen LogP contribution in [0.5, 0.6) is 11.5 Å². The predicted molar refractivity (Wildman–Crippen MR) is 128 cm³/mol. The summed E-state index contributed by atoms with van der Waals surface area (Å²) in [5, 5.41) is 9.77. The molecule has 0 aliphatic rings. The molecule has 0 saturated carbocycles. The molecular formula is C27H29NO3. The highest BCUT2D eigenvalue weighted by Gasteiger charge is 2.19. The molecule has 1 N–H and O–H groups in total. The highest BCUT2D eigenvalue weighted by Crippen LogP contribution is 2.30. The summed E-state index contributed by atoms with van der Waals surface area (Å²) in [6.07, 6.45) is 1.91. The van der Waals surface area contributed by atoms with Gasteiger partial charge in [0.2, 0.25) is 0 Å². The van der Waals surface area contributed by atoms with Gasteiger partial charge in [-0.25, -0.2) is 0 Å². The Morgan fingerprint density at radius 3 is 2.19 bits per heavy atom. The number of carbonyl (C=O) groups excluding carboxylic acids is 1. The molecule has 0 saturated heterocycles. The zero-order valence-corrected chi connectivity index (χ0v) is 18.6. The lowest BCUT2D eigenvalue weighted by Crippen LogP contribution is -2.21. The van der Waals surface area contributed by atoms with Gasteiger partial charge in [-0.3, -0.25) is 4.79 Å². The van der Waals surface area contributed by atoms with Crippen molar-refractivity contribution in [1.29, 1.82) is 0 Å². The number of phenolic OH excluding ortho intramolecular Hbond substituents is 1. The number of rotatable bonds is 8. The smallest absolute Gasteiger partial charge is 0.197 e. The number of aromatic hydroxyl groups is 1. The number of ketones is 1. The third-order valence-electron chi connectivity index (χ3n) is 5.37. The second kappa shape index (κ2) is 9.98. The zero-order chi connectivity index (χ0) is 22.4. The van der Waals surface area contributed by atoms with Crippen molar-refractivity contribution >= 4 is 23.1 Å². The number of ether oxygens (including phenoxy) is 1. The molecule has 4 nitrogen and oxygen atoms in total. The molecule has 31 heavy (non-hydrogen) atoms. The Hall–Kier alpha value is -3.53. The largest absolute Gasteiger partial charge is 0.508 e. The molecule has 0 aliphatic heterocycles. The van der Waals surface area contributed by atoms with Crippen LogP contribution in [0.2, 0.25) is 0 Å². The Balaban J connectivity index is 2.07. The van der Waals surface area contributed by atoms with Crippen LogP contribution in [0.15, 0.2) is 66.7 Å². The first kappa shape index (κ1) is 22.2. The summed E-state index contributed by atoms with van der Waals surface area (Å²) in [5.41, 5.74) is 5.04. The van der Waals surface area contributed by atoms with Gasteiger partial charge in [-0.2, -0.15) is 0 Å². The molecule has 3 aromatic rings. The minimum atomic E-state index is -0.159. The van der Waals surface area contributed by atoms with Gasteiger partial charge in [-0.05, 0) is 62.2 Å². The van der Waals surface area contributed by atoms with Gasteiger partial charge in [0.15, 0.2) is 5.78 Å². The van der Waals surface area contributed by atoms with Gasteiger partial charge in [0.05, 0.1) is 12.7 Å². The number of carbonyl (C=O) groups is 1. The Kier molecular flexibility index (Phi) is 7.14. The van der Waals surface area contributed by atoms with E-state index in [-0.39, 0.29) is 11.5 Å². The maximum absolute atomic E-state index is 13.6. The molecule has 0 spiro atoms. The number of hydrogen-bond donors (Lipinski definition) is 1. The highest BCUT2D eigenvalue weighted by atomic mass is 16.5. The Morgan fingerprint density at radius 1 is 0.968 bits per heavy atom. The summed E-state index contributed by atoms with van der Waals surface area (Å²) in [5.74, 6) is 0.245. The summed E-state index contributed by atoms with van der Waals surface area (Å²) < 4.78 is 5.36. The first-order valence-electron chi connectivity index (χ1n) is 10.5. The number of aryl methyl sites for hydroxylation is 1. The van der Waals surface area contributed by atoms with Crippen LogP contribution in [0.25, 0.3) is 11.6 Å². The molecule has 0 fully saturated rings. The number of methoxy groups -OCH3 is 1. The first-order valence-corrected chi connectivity index (χ1v) is 10.5. The molecular weight excluding hydrogens is 386 g/mol. The molecule has 0 unspecified atom stereocenters. The SMILES string of the molecule is CCN(CC)c1ccc(C=C(C(=O)c2ccc(O)cc2OC)c2ccc(C)cc2)cc1. The maximum atomic E-state index is 13.6. The van der Waals surface area contributed by atoms with Crippen LogP contribution in [0.4, 0.5) is 5.69 Å². The Labute approximate surface area is 184 Å². The van der Waals surface area contributed by atoms with E-state index in [9.17, 15) is 9.90 Å². The fourth-order valence-corrected chi connectivity index (χ4v) is 3.56. The predicted octanol–water partition coefficient (Wildman–Crippen LogP) is 5.98. The van der Waals surface area contributed by atoms with Crippen molar-refractivity contribution in [2.24, 2.45) is 0 Å².